The minimum Gasteiger partial charge on any atom is -0.497 e. The zero-order valence-corrected chi connectivity index (χ0v) is 21.7. The summed E-state index contributed by atoms with van der Waals surface area (Å²) in [5.41, 5.74) is 10.7. The van der Waals surface area contributed by atoms with E-state index in [4.69, 9.17) is 25.2 Å². The topological polar surface area (TPSA) is 103 Å². The van der Waals surface area contributed by atoms with E-state index < -0.39 is 0 Å². The highest BCUT2D eigenvalue weighted by Crippen LogP contribution is 2.34. The molecule has 0 saturated carbocycles. The molecule has 0 amide bonds. The maximum atomic E-state index is 6.15. The third-order valence-corrected chi connectivity index (χ3v) is 7.13. The first-order chi connectivity index (χ1) is 18.0. The Labute approximate surface area is 218 Å². The minimum atomic E-state index is 0.522. The van der Waals surface area contributed by atoms with Gasteiger partial charge in [-0.3, -0.25) is 0 Å². The lowest BCUT2D eigenvalue weighted by Gasteiger charge is -2.24. The van der Waals surface area contributed by atoms with Gasteiger partial charge in [-0.25, -0.2) is 19.9 Å². The van der Waals surface area contributed by atoms with Gasteiger partial charge in [0, 0.05) is 35.3 Å². The van der Waals surface area contributed by atoms with E-state index in [2.05, 4.69) is 31.9 Å². The van der Waals surface area contributed by atoms with Crippen LogP contribution in [0.5, 0.6) is 11.5 Å². The van der Waals surface area contributed by atoms with Gasteiger partial charge >= 0.3 is 0 Å². The number of thiazole rings is 1. The second-order valence-electron chi connectivity index (χ2n) is 9.28. The molecule has 0 spiro atoms. The quantitative estimate of drug-likeness (QED) is 0.367. The maximum absolute atomic E-state index is 6.15. The van der Waals surface area contributed by atoms with Gasteiger partial charge in [-0.2, -0.15) is 0 Å². The van der Waals surface area contributed by atoms with Crippen molar-refractivity contribution < 1.29 is 9.47 Å². The molecule has 0 radical (unpaired) electrons. The number of pyridine rings is 1. The Morgan fingerprint density at radius 2 is 1.95 bits per heavy atom. The first kappa shape index (κ1) is 23.4. The van der Waals surface area contributed by atoms with E-state index in [1.165, 1.54) is 11.3 Å². The van der Waals surface area contributed by atoms with E-state index in [1.54, 1.807) is 7.11 Å². The van der Waals surface area contributed by atoms with Gasteiger partial charge in [-0.1, -0.05) is 17.4 Å². The molecule has 6 rings (SSSR count). The molecule has 188 valence electrons. The highest BCUT2D eigenvalue weighted by atomic mass is 32.1. The molecule has 1 aliphatic heterocycles. The van der Waals surface area contributed by atoms with Gasteiger partial charge in [0.2, 0.25) is 0 Å². The minimum absolute atomic E-state index is 0.522. The highest BCUT2D eigenvalue weighted by Gasteiger charge is 2.21. The number of hydrogen-bond donors (Lipinski definition) is 1. The van der Waals surface area contributed by atoms with Gasteiger partial charge in [0.15, 0.2) is 5.13 Å². The predicted molar refractivity (Wildman–Crippen MR) is 147 cm³/mol. The van der Waals surface area contributed by atoms with Crippen LogP contribution in [0.15, 0.2) is 48.7 Å². The lowest BCUT2D eigenvalue weighted by atomic mass is 10.0. The van der Waals surface area contributed by atoms with Crippen LogP contribution in [0.2, 0.25) is 0 Å². The zero-order chi connectivity index (χ0) is 25.5. The lowest BCUT2D eigenvalue weighted by molar-refractivity contribution is 0.331. The Hall–Kier alpha value is -4.02. The monoisotopic (exact) mass is 513 g/mol. The van der Waals surface area contributed by atoms with Crippen molar-refractivity contribution in [1.29, 1.82) is 0 Å². The number of methoxy groups -OCH3 is 1. The lowest BCUT2D eigenvalue weighted by Crippen LogP contribution is -2.27. The summed E-state index contributed by atoms with van der Waals surface area (Å²) in [6.45, 7) is 2.56. The summed E-state index contributed by atoms with van der Waals surface area (Å²) >= 11 is 1.39. The van der Waals surface area contributed by atoms with E-state index in [-0.39, 0.29) is 0 Å². The van der Waals surface area contributed by atoms with Crippen molar-refractivity contribution in [3.8, 4) is 22.6 Å². The Balaban J connectivity index is 1.40. The number of rotatable bonds is 5. The number of ether oxygens (including phenoxy) is 2. The van der Waals surface area contributed by atoms with Gasteiger partial charge in [0.25, 0.3) is 0 Å². The predicted octanol–water partition coefficient (Wildman–Crippen LogP) is 4.35. The molecular weight excluding hydrogens is 486 g/mol. The standard InChI is InChI=1S/C27H27N7O2S/c1-33(2)15-24-30-21-12-19(35-3)5-6-20(21)25(32-24)34-8-9-36-23-7-4-16(10-18(23)14-34)17-11-22-26(29-13-17)37-27(28)31-22/h4-7,10-13H,8-9,14-15H2,1-3H3,(H2,28,31). The highest BCUT2D eigenvalue weighted by molar-refractivity contribution is 7.21. The van der Waals surface area contributed by atoms with Gasteiger partial charge in [0.05, 0.1) is 25.7 Å². The van der Waals surface area contributed by atoms with E-state index >= 15 is 0 Å². The number of nitrogen functional groups attached to an aromatic ring is 1. The number of fused-ring (bicyclic) bond motifs is 3. The number of nitrogens with two attached hydrogens (primary N) is 1. The number of nitrogens with zero attached hydrogens (tertiary/aromatic N) is 6. The molecule has 0 fully saturated rings. The Morgan fingerprint density at radius 3 is 2.78 bits per heavy atom. The van der Waals surface area contributed by atoms with Crippen molar-refractivity contribution in [3.63, 3.8) is 0 Å². The molecule has 10 heteroatoms. The summed E-state index contributed by atoms with van der Waals surface area (Å²) in [6.07, 6.45) is 1.87. The van der Waals surface area contributed by atoms with Gasteiger partial charge < -0.3 is 25.0 Å². The van der Waals surface area contributed by atoms with Crippen molar-refractivity contribution in [2.24, 2.45) is 0 Å². The second kappa shape index (κ2) is 9.45. The van der Waals surface area contributed by atoms with E-state index in [0.29, 0.717) is 31.4 Å². The van der Waals surface area contributed by atoms with Gasteiger partial charge in [-0.15, -0.1) is 0 Å². The second-order valence-corrected chi connectivity index (χ2v) is 10.3. The molecule has 3 aromatic heterocycles. The SMILES string of the molecule is COc1ccc2c(N3CCOc4ccc(-c5cnc6sc(N)nc6c5)cc4C3)nc(CN(C)C)nc2c1. The fourth-order valence-electron chi connectivity index (χ4n) is 4.61. The van der Waals surface area contributed by atoms with E-state index in [9.17, 15) is 0 Å². The molecule has 2 N–H and O–H groups in total. The Kier molecular flexibility index (Phi) is 5.97. The molecule has 0 aliphatic carbocycles. The molecule has 0 atom stereocenters. The van der Waals surface area contributed by atoms with Crippen LogP contribution < -0.4 is 20.1 Å². The van der Waals surface area contributed by atoms with Crippen LogP contribution in [-0.2, 0) is 13.1 Å². The summed E-state index contributed by atoms with van der Waals surface area (Å²) in [4.78, 5) is 23.9. The van der Waals surface area contributed by atoms with E-state index in [0.717, 1.165) is 61.1 Å². The first-order valence-electron chi connectivity index (χ1n) is 12.0. The number of aromatic nitrogens is 4. The van der Waals surface area contributed by atoms with Gasteiger partial charge in [-0.05, 0) is 50.0 Å². The fourth-order valence-corrected chi connectivity index (χ4v) is 5.27. The largest absolute Gasteiger partial charge is 0.497 e. The summed E-state index contributed by atoms with van der Waals surface area (Å²) in [7, 11) is 5.70. The molecule has 1 aliphatic rings. The maximum Gasteiger partial charge on any atom is 0.182 e. The van der Waals surface area contributed by atoms with Crippen molar-refractivity contribution in [3.05, 3.63) is 60.0 Å². The normalized spacial score (nSPS) is 13.6. The summed E-state index contributed by atoms with van der Waals surface area (Å²) in [5, 5.41) is 1.51. The molecule has 5 aromatic rings. The van der Waals surface area contributed by atoms with Crippen LogP contribution in [0.25, 0.3) is 32.4 Å². The van der Waals surface area contributed by atoms with Crippen LogP contribution >= 0.6 is 11.3 Å². The van der Waals surface area contributed by atoms with Crippen LogP contribution in [0.1, 0.15) is 11.4 Å². The smallest absolute Gasteiger partial charge is 0.182 e. The van der Waals surface area contributed by atoms with Crippen molar-refractivity contribution >= 4 is 43.5 Å². The molecule has 37 heavy (non-hydrogen) atoms. The Bertz CT molecular complexity index is 1620. The number of anilines is 2. The third-order valence-electron chi connectivity index (χ3n) is 6.33. The average Bonchev–Trinajstić information content (AvgIpc) is 3.13. The van der Waals surface area contributed by atoms with Crippen molar-refractivity contribution in [2.45, 2.75) is 13.1 Å². The molecule has 4 heterocycles. The summed E-state index contributed by atoms with van der Waals surface area (Å²) in [6, 6.07) is 14.3. The molecule has 0 bridgehead atoms. The molecular formula is C27H27N7O2S. The molecule has 9 nitrogen and oxygen atoms in total. The zero-order valence-electron chi connectivity index (χ0n) is 20.9. The average molecular weight is 514 g/mol. The van der Waals surface area contributed by atoms with Crippen LogP contribution in [0, 0.1) is 0 Å². The van der Waals surface area contributed by atoms with Crippen LogP contribution in [0.4, 0.5) is 10.9 Å². The molecule has 0 unspecified atom stereocenters. The number of hydrogen-bond acceptors (Lipinski definition) is 10. The fraction of sp³-hybridized carbons (Fsp3) is 0.259. The summed E-state index contributed by atoms with van der Waals surface area (Å²) in [5.74, 6) is 3.32. The summed E-state index contributed by atoms with van der Waals surface area (Å²) < 4.78 is 11.6. The van der Waals surface area contributed by atoms with Crippen LogP contribution in [-0.4, -0.2) is 59.2 Å². The third kappa shape index (κ3) is 4.61. The van der Waals surface area contributed by atoms with Crippen molar-refractivity contribution in [2.75, 3.05) is 45.0 Å². The molecule has 0 saturated heterocycles. The first-order valence-corrected chi connectivity index (χ1v) is 12.8. The van der Waals surface area contributed by atoms with Gasteiger partial charge in [0.1, 0.15) is 40.1 Å². The van der Waals surface area contributed by atoms with Crippen molar-refractivity contribution in [1.82, 2.24) is 24.8 Å². The Morgan fingerprint density at radius 1 is 1.05 bits per heavy atom. The van der Waals surface area contributed by atoms with Crippen LogP contribution in [0.3, 0.4) is 0 Å². The molecule has 2 aromatic carbocycles. The number of benzene rings is 2. The van der Waals surface area contributed by atoms with E-state index in [1.807, 2.05) is 50.6 Å².